The second-order valence-electron chi connectivity index (χ2n) is 6.30. The van der Waals surface area contributed by atoms with E-state index in [2.05, 4.69) is 30.8 Å². The first kappa shape index (κ1) is 12.4. The Morgan fingerprint density at radius 3 is 2.38 bits per heavy atom. The van der Waals surface area contributed by atoms with E-state index in [-0.39, 0.29) is 0 Å². The highest BCUT2D eigenvalue weighted by Crippen LogP contribution is 2.49. The summed E-state index contributed by atoms with van der Waals surface area (Å²) in [5, 5.41) is 0. The van der Waals surface area contributed by atoms with E-state index in [0.717, 1.165) is 11.5 Å². The molecular formula is C14H28N2. The first-order valence-corrected chi connectivity index (χ1v) is 7.04. The number of rotatable bonds is 6. The summed E-state index contributed by atoms with van der Waals surface area (Å²) in [5.41, 5.74) is 0.750. The third-order valence-corrected chi connectivity index (χ3v) is 4.51. The average Bonchev–Trinajstić information content (AvgIpc) is 2.11. The molecule has 0 atom stereocenters. The van der Waals surface area contributed by atoms with Crippen molar-refractivity contribution in [2.45, 2.75) is 51.5 Å². The van der Waals surface area contributed by atoms with Crippen LogP contribution in [-0.4, -0.2) is 49.6 Å². The second kappa shape index (κ2) is 5.05. The fourth-order valence-corrected chi connectivity index (χ4v) is 3.39. The van der Waals surface area contributed by atoms with Crippen molar-refractivity contribution in [2.75, 3.05) is 33.7 Å². The van der Waals surface area contributed by atoms with E-state index in [4.69, 9.17) is 0 Å². The van der Waals surface area contributed by atoms with Crippen molar-refractivity contribution >= 4 is 0 Å². The van der Waals surface area contributed by atoms with E-state index in [1.165, 1.54) is 58.2 Å². The van der Waals surface area contributed by atoms with Gasteiger partial charge in [0.1, 0.15) is 0 Å². The molecule has 16 heavy (non-hydrogen) atoms. The summed E-state index contributed by atoms with van der Waals surface area (Å²) in [6.45, 7) is 6.43. The SMILES string of the molecule is CCCCCCN1CC2(CC(N(C)C)C2)C1. The van der Waals surface area contributed by atoms with Gasteiger partial charge in [0.05, 0.1) is 0 Å². The molecule has 1 aliphatic heterocycles. The Balaban J connectivity index is 1.54. The van der Waals surface area contributed by atoms with E-state index >= 15 is 0 Å². The van der Waals surface area contributed by atoms with Gasteiger partial charge in [-0.25, -0.2) is 0 Å². The van der Waals surface area contributed by atoms with E-state index in [1.807, 2.05) is 0 Å². The Morgan fingerprint density at radius 1 is 1.12 bits per heavy atom. The van der Waals surface area contributed by atoms with Crippen LogP contribution in [0.1, 0.15) is 45.4 Å². The van der Waals surface area contributed by atoms with Crippen LogP contribution in [0, 0.1) is 5.41 Å². The Kier molecular flexibility index (Phi) is 3.91. The van der Waals surface area contributed by atoms with Crippen molar-refractivity contribution in [3.63, 3.8) is 0 Å². The van der Waals surface area contributed by atoms with Gasteiger partial charge < -0.3 is 9.80 Å². The lowest BCUT2D eigenvalue weighted by Crippen LogP contribution is -2.65. The van der Waals surface area contributed by atoms with Gasteiger partial charge in [0, 0.05) is 19.1 Å². The molecule has 0 unspecified atom stereocenters. The first-order chi connectivity index (χ1) is 7.65. The van der Waals surface area contributed by atoms with Crippen molar-refractivity contribution in [2.24, 2.45) is 5.41 Å². The van der Waals surface area contributed by atoms with Crippen molar-refractivity contribution < 1.29 is 0 Å². The van der Waals surface area contributed by atoms with Gasteiger partial charge in [0.15, 0.2) is 0 Å². The molecule has 1 heterocycles. The highest BCUT2D eigenvalue weighted by molar-refractivity contribution is 5.06. The van der Waals surface area contributed by atoms with Crippen LogP contribution in [0.3, 0.4) is 0 Å². The van der Waals surface area contributed by atoms with Crippen molar-refractivity contribution in [3.8, 4) is 0 Å². The minimum Gasteiger partial charge on any atom is -0.306 e. The minimum absolute atomic E-state index is 0.750. The van der Waals surface area contributed by atoms with Crippen LogP contribution in [0.4, 0.5) is 0 Å². The summed E-state index contributed by atoms with van der Waals surface area (Å²) in [5.74, 6) is 0. The van der Waals surface area contributed by atoms with Gasteiger partial charge in [-0.3, -0.25) is 0 Å². The van der Waals surface area contributed by atoms with Crippen LogP contribution in [0.15, 0.2) is 0 Å². The number of nitrogens with zero attached hydrogens (tertiary/aromatic N) is 2. The molecule has 2 heteroatoms. The molecular weight excluding hydrogens is 196 g/mol. The van der Waals surface area contributed by atoms with Crippen molar-refractivity contribution in [1.29, 1.82) is 0 Å². The summed E-state index contributed by atoms with van der Waals surface area (Å²) < 4.78 is 0. The Bertz CT molecular complexity index is 211. The maximum Gasteiger partial charge on any atom is 0.0102 e. The number of hydrogen-bond acceptors (Lipinski definition) is 2. The largest absolute Gasteiger partial charge is 0.306 e. The quantitative estimate of drug-likeness (QED) is 0.640. The molecule has 1 saturated heterocycles. The van der Waals surface area contributed by atoms with Crippen LogP contribution in [-0.2, 0) is 0 Å². The number of hydrogen-bond donors (Lipinski definition) is 0. The summed E-state index contributed by atoms with van der Waals surface area (Å²) in [6.07, 6.45) is 8.52. The summed E-state index contributed by atoms with van der Waals surface area (Å²) in [7, 11) is 4.44. The molecule has 94 valence electrons. The van der Waals surface area contributed by atoms with E-state index in [1.54, 1.807) is 0 Å². The molecule has 1 spiro atoms. The predicted octanol–water partition coefficient (Wildman–Crippen LogP) is 2.59. The molecule has 1 saturated carbocycles. The molecule has 0 aromatic carbocycles. The van der Waals surface area contributed by atoms with Gasteiger partial charge in [-0.2, -0.15) is 0 Å². The number of unbranched alkanes of at least 4 members (excludes halogenated alkanes) is 3. The average molecular weight is 224 g/mol. The summed E-state index contributed by atoms with van der Waals surface area (Å²) >= 11 is 0. The van der Waals surface area contributed by atoms with Gasteiger partial charge in [-0.15, -0.1) is 0 Å². The predicted molar refractivity (Wildman–Crippen MR) is 69.7 cm³/mol. The molecule has 0 N–H and O–H groups in total. The van der Waals surface area contributed by atoms with Crippen molar-refractivity contribution in [3.05, 3.63) is 0 Å². The van der Waals surface area contributed by atoms with Gasteiger partial charge >= 0.3 is 0 Å². The molecule has 0 aromatic rings. The molecule has 0 radical (unpaired) electrons. The monoisotopic (exact) mass is 224 g/mol. The lowest BCUT2D eigenvalue weighted by atomic mass is 9.60. The van der Waals surface area contributed by atoms with E-state index in [9.17, 15) is 0 Å². The normalized spacial score (nSPS) is 24.8. The van der Waals surface area contributed by atoms with Gasteiger partial charge in [0.25, 0.3) is 0 Å². The lowest BCUT2D eigenvalue weighted by molar-refractivity contribution is -0.100. The third-order valence-electron chi connectivity index (χ3n) is 4.51. The molecule has 2 fully saturated rings. The Morgan fingerprint density at radius 2 is 1.81 bits per heavy atom. The topological polar surface area (TPSA) is 6.48 Å². The molecule has 2 rings (SSSR count). The fourth-order valence-electron chi connectivity index (χ4n) is 3.39. The van der Waals surface area contributed by atoms with Crippen molar-refractivity contribution in [1.82, 2.24) is 9.80 Å². The lowest BCUT2D eigenvalue weighted by Gasteiger charge is -2.60. The molecule has 2 aliphatic rings. The molecule has 0 bridgehead atoms. The Labute approximate surface area is 101 Å². The minimum atomic E-state index is 0.750. The van der Waals surface area contributed by atoms with Gasteiger partial charge in [-0.1, -0.05) is 26.2 Å². The zero-order valence-corrected chi connectivity index (χ0v) is 11.3. The molecule has 0 amide bonds. The zero-order chi connectivity index (χ0) is 11.6. The molecule has 1 aliphatic carbocycles. The summed E-state index contributed by atoms with van der Waals surface area (Å²) in [4.78, 5) is 5.07. The maximum absolute atomic E-state index is 2.67. The maximum atomic E-state index is 2.67. The van der Waals surface area contributed by atoms with E-state index < -0.39 is 0 Å². The van der Waals surface area contributed by atoms with Crippen LogP contribution >= 0.6 is 0 Å². The van der Waals surface area contributed by atoms with Crippen LogP contribution < -0.4 is 0 Å². The highest BCUT2D eigenvalue weighted by atomic mass is 15.2. The third kappa shape index (κ3) is 2.60. The Hall–Kier alpha value is -0.0800. The fraction of sp³-hybridized carbons (Fsp3) is 1.00. The smallest absolute Gasteiger partial charge is 0.0102 e. The zero-order valence-electron chi connectivity index (χ0n) is 11.3. The van der Waals surface area contributed by atoms with E-state index in [0.29, 0.717) is 0 Å². The molecule has 0 aromatic heterocycles. The van der Waals surface area contributed by atoms with Crippen LogP contribution in [0.2, 0.25) is 0 Å². The van der Waals surface area contributed by atoms with Gasteiger partial charge in [0.2, 0.25) is 0 Å². The first-order valence-electron chi connectivity index (χ1n) is 7.04. The van der Waals surface area contributed by atoms with Crippen LogP contribution in [0.25, 0.3) is 0 Å². The highest BCUT2D eigenvalue weighted by Gasteiger charge is 2.52. The van der Waals surface area contributed by atoms with Crippen LogP contribution in [0.5, 0.6) is 0 Å². The van der Waals surface area contributed by atoms with Gasteiger partial charge in [-0.05, 0) is 45.3 Å². The second-order valence-corrected chi connectivity index (χ2v) is 6.30. The summed E-state index contributed by atoms with van der Waals surface area (Å²) in [6, 6.07) is 0.877. The number of likely N-dealkylation sites (tertiary alicyclic amines) is 1. The molecule has 2 nitrogen and oxygen atoms in total. The standard InChI is InChI=1S/C14H28N2/c1-4-5-6-7-8-16-11-14(12-16)9-13(10-14)15(2)3/h13H,4-12H2,1-3H3.